The zero-order valence-corrected chi connectivity index (χ0v) is 16.8. The topological polar surface area (TPSA) is 88.1 Å². The molecular weight excluding hydrogens is 402 g/mol. The van der Waals surface area contributed by atoms with Crippen LogP contribution in [0, 0.1) is 0 Å². The molecule has 2 aromatic rings. The number of hydrogen-bond acceptors (Lipinski definition) is 5. The number of methoxy groups -OCH3 is 1. The third-order valence-corrected chi connectivity index (χ3v) is 6.61. The van der Waals surface area contributed by atoms with Gasteiger partial charge in [-0.15, -0.1) is 0 Å². The molecule has 0 unspecified atom stereocenters. The zero-order chi connectivity index (χ0) is 20.1. The molecule has 0 aliphatic carbocycles. The minimum Gasteiger partial charge on any atom is -0.497 e. The van der Waals surface area contributed by atoms with Gasteiger partial charge in [0, 0.05) is 11.6 Å². The number of ether oxygens (including phenoxy) is 1. The van der Waals surface area contributed by atoms with Crippen LogP contribution >= 0.6 is 11.6 Å². The Morgan fingerprint density at radius 3 is 2.54 bits per heavy atom. The molecule has 0 radical (unpaired) electrons. The Hall–Kier alpha value is -2.42. The number of nitrogens with one attached hydrogen (secondary N) is 1. The summed E-state index contributed by atoms with van der Waals surface area (Å²) in [6.45, 7) is 0.283. The fraction of sp³-hybridized carbons (Fsp3) is 0.263. The molecular formula is C19H20ClN3O4S. The largest absolute Gasteiger partial charge is 0.497 e. The van der Waals surface area contributed by atoms with Crippen LogP contribution in [0.3, 0.4) is 0 Å². The molecule has 1 N–H and O–H groups in total. The van der Waals surface area contributed by atoms with Crippen molar-refractivity contribution in [2.75, 3.05) is 13.7 Å². The van der Waals surface area contributed by atoms with Gasteiger partial charge >= 0.3 is 0 Å². The molecule has 0 spiro atoms. The second-order valence-corrected chi connectivity index (χ2v) is 8.56. The van der Waals surface area contributed by atoms with E-state index in [2.05, 4.69) is 10.5 Å². The van der Waals surface area contributed by atoms with Crippen molar-refractivity contribution >= 4 is 33.7 Å². The van der Waals surface area contributed by atoms with Crippen LogP contribution in [0.1, 0.15) is 18.4 Å². The highest BCUT2D eigenvalue weighted by Crippen LogP contribution is 2.27. The molecule has 1 atom stereocenters. The molecule has 1 heterocycles. The SMILES string of the molecule is COc1ccc(/C=N\NC(=O)[C@@H]2CCCN2S(=O)(=O)c2ccc(Cl)cc2)cc1. The molecule has 0 bridgehead atoms. The van der Waals surface area contributed by atoms with Gasteiger partial charge in [0.25, 0.3) is 5.91 Å². The Balaban J connectivity index is 1.68. The van der Waals surface area contributed by atoms with Crippen molar-refractivity contribution in [2.24, 2.45) is 5.10 Å². The van der Waals surface area contributed by atoms with Gasteiger partial charge in [0.2, 0.25) is 10.0 Å². The summed E-state index contributed by atoms with van der Waals surface area (Å²) in [5.41, 5.74) is 3.21. The van der Waals surface area contributed by atoms with Gasteiger partial charge in [-0.05, 0) is 66.9 Å². The number of halogens is 1. The van der Waals surface area contributed by atoms with E-state index < -0.39 is 22.0 Å². The number of benzene rings is 2. The molecule has 0 aromatic heterocycles. The van der Waals surface area contributed by atoms with Crippen molar-refractivity contribution in [3.8, 4) is 5.75 Å². The highest BCUT2D eigenvalue weighted by atomic mass is 35.5. The van der Waals surface area contributed by atoms with Crippen LogP contribution in [0.5, 0.6) is 5.75 Å². The van der Waals surface area contributed by atoms with E-state index >= 15 is 0 Å². The average molecular weight is 422 g/mol. The summed E-state index contributed by atoms with van der Waals surface area (Å²) in [4.78, 5) is 12.6. The third-order valence-electron chi connectivity index (χ3n) is 4.43. The lowest BCUT2D eigenvalue weighted by molar-refractivity contribution is -0.124. The van der Waals surface area contributed by atoms with Crippen LogP contribution in [0.15, 0.2) is 58.5 Å². The molecule has 0 saturated carbocycles. The summed E-state index contributed by atoms with van der Waals surface area (Å²) < 4.78 is 32.0. The lowest BCUT2D eigenvalue weighted by Gasteiger charge is -2.22. The van der Waals surface area contributed by atoms with Crippen LogP contribution in [0.25, 0.3) is 0 Å². The first kappa shape index (κ1) is 20.3. The van der Waals surface area contributed by atoms with Crippen LogP contribution in [0.4, 0.5) is 0 Å². The second-order valence-electron chi connectivity index (χ2n) is 6.24. The predicted octanol–water partition coefficient (Wildman–Crippen LogP) is 2.65. The molecule has 2 aromatic carbocycles. The number of carbonyl (C=O) groups is 1. The van der Waals surface area contributed by atoms with Crippen molar-refractivity contribution in [3.05, 3.63) is 59.1 Å². The fourth-order valence-electron chi connectivity index (χ4n) is 2.97. The summed E-state index contributed by atoms with van der Waals surface area (Å²) in [5, 5.41) is 4.38. The number of carbonyl (C=O) groups excluding carboxylic acids is 1. The Morgan fingerprint density at radius 1 is 1.21 bits per heavy atom. The number of sulfonamides is 1. The van der Waals surface area contributed by atoms with Gasteiger partial charge in [-0.1, -0.05) is 11.6 Å². The van der Waals surface area contributed by atoms with Crippen LogP contribution in [-0.2, 0) is 14.8 Å². The van der Waals surface area contributed by atoms with Crippen LogP contribution < -0.4 is 10.2 Å². The number of hydrogen-bond donors (Lipinski definition) is 1. The Bertz CT molecular complexity index is 960. The molecule has 148 valence electrons. The molecule has 1 aliphatic heterocycles. The summed E-state index contributed by atoms with van der Waals surface area (Å²) in [7, 11) is -2.21. The normalized spacial score (nSPS) is 17.7. The maximum absolute atomic E-state index is 12.9. The molecule has 1 fully saturated rings. The van der Waals surface area contributed by atoms with E-state index in [0.717, 1.165) is 11.3 Å². The smallest absolute Gasteiger partial charge is 0.258 e. The molecule has 7 nitrogen and oxygen atoms in total. The van der Waals surface area contributed by atoms with Crippen molar-refractivity contribution < 1.29 is 17.9 Å². The van der Waals surface area contributed by atoms with Gasteiger partial charge in [-0.25, -0.2) is 13.8 Å². The average Bonchev–Trinajstić information content (AvgIpc) is 3.20. The summed E-state index contributed by atoms with van der Waals surface area (Å²) in [6.07, 6.45) is 2.54. The summed E-state index contributed by atoms with van der Waals surface area (Å²) in [6, 6.07) is 12.2. The Morgan fingerprint density at radius 2 is 1.89 bits per heavy atom. The van der Waals surface area contributed by atoms with E-state index in [4.69, 9.17) is 16.3 Å². The molecule has 1 aliphatic rings. The van der Waals surface area contributed by atoms with E-state index in [1.165, 1.54) is 34.8 Å². The minimum absolute atomic E-state index is 0.110. The van der Waals surface area contributed by atoms with E-state index in [-0.39, 0.29) is 11.4 Å². The van der Waals surface area contributed by atoms with E-state index in [9.17, 15) is 13.2 Å². The standard InChI is InChI=1S/C19H20ClN3O4S/c1-27-16-8-4-14(5-9-16)13-21-22-19(24)18-3-2-12-23(18)28(25,26)17-10-6-15(20)7-11-17/h4-11,13,18H,2-3,12H2,1H3,(H,22,24)/b21-13-/t18-/m0/s1. The molecule has 28 heavy (non-hydrogen) atoms. The highest BCUT2D eigenvalue weighted by Gasteiger charge is 2.39. The maximum atomic E-state index is 12.9. The number of hydrazone groups is 1. The number of rotatable bonds is 6. The zero-order valence-electron chi connectivity index (χ0n) is 15.2. The van der Waals surface area contributed by atoms with Gasteiger partial charge in [-0.2, -0.15) is 9.41 Å². The van der Waals surface area contributed by atoms with Gasteiger partial charge in [-0.3, -0.25) is 4.79 Å². The quantitative estimate of drug-likeness (QED) is 0.573. The number of amides is 1. The van der Waals surface area contributed by atoms with Crippen molar-refractivity contribution in [3.63, 3.8) is 0 Å². The number of nitrogens with zero attached hydrogens (tertiary/aromatic N) is 2. The Labute approximate surface area is 169 Å². The van der Waals surface area contributed by atoms with Gasteiger partial charge in [0.1, 0.15) is 11.8 Å². The third kappa shape index (κ3) is 4.52. The fourth-order valence-corrected chi connectivity index (χ4v) is 4.75. The van der Waals surface area contributed by atoms with Crippen molar-refractivity contribution in [2.45, 2.75) is 23.8 Å². The van der Waals surface area contributed by atoms with Gasteiger partial charge in [0.15, 0.2) is 0 Å². The van der Waals surface area contributed by atoms with E-state index in [1.54, 1.807) is 31.4 Å². The van der Waals surface area contributed by atoms with E-state index in [1.807, 2.05) is 0 Å². The first-order chi connectivity index (χ1) is 13.4. The first-order valence-electron chi connectivity index (χ1n) is 8.66. The maximum Gasteiger partial charge on any atom is 0.258 e. The molecule has 9 heteroatoms. The Kier molecular flexibility index (Phi) is 6.33. The molecule has 1 amide bonds. The minimum atomic E-state index is -3.79. The van der Waals surface area contributed by atoms with E-state index in [0.29, 0.717) is 17.9 Å². The van der Waals surface area contributed by atoms with Crippen LogP contribution in [0.2, 0.25) is 5.02 Å². The van der Waals surface area contributed by atoms with Gasteiger partial charge < -0.3 is 4.74 Å². The van der Waals surface area contributed by atoms with Crippen LogP contribution in [-0.4, -0.2) is 44.5 Å². The monoisotopic (exact) mass is 421 g/mol. The highest BCUT2D eigenvalue weighted by molar-refractivity contribution is 7.89. The lowest BCUT2D eigenvalue weighted by atomic mass is 10.2. The van der Waals surface area contributed by atoms with Crippen molar-refractivity contribution in [1.82, 2.24) is 9.73 Å². The molecule has 1 saturated heterocycles. The first-order valence-corrected chi connectivity index (χ1v) is 10.5. The second kappa shape index (κ2) is 8.72. The summed E-state index contributed by atoms with van der Waals surface area (Å²) in [5.74, 6) is 0.259. The predicted molar refractivity (Wildman–Crippen MR) is 107 cm³/mol. The van der Waals surface area contributed by atoms with Crippen molar-refractivity contribution in [1.29, 1.82) is 0 Å². The summed E-state index contributed by atoms with van der Waals surface area (Å²) >= 11 is 5.83. The molecule has 3 rings (SSSR count). The van der Waals surface area contributed by atoms with Gasteiger partial charge in [0.05, 0.1) is 18.2 Å². The lowest BCUT2D eigenvalue weighted by Crippen LogP contribution is -2.44.